The average Bonchev–Trinajstić information content (AvgIpc) is 3.13. The number of nitrogens with zero attached hydrogens (tertiary/aromatic N) is 3. The zero-order chi connectivity index (χ0) is 18.9. The van der Waals surface area contributed by atoms with Gasteiger partial charge in [-0.1, -0.05) is 48.1 Å². The molecule has 0 aliphatic carbocycles. The van der Waals surface area contributed by atoms with Crippen molar-refractivity contribution in [2.45, 2.75) is 38.5 Å². The second-order valence-electron chi connectivity index (χ2n) is 6.64. The second-order valence-corrected chi connectivity index (χ2v) is 8.11. The van der Waals surface area contributed by atoms with E-state index in [4.69, 9.17) is 12.2 Å². The van der Waals surface area contributed by atoms with Crippen molar-refractivity contribution in [3.8, 4) is 0 Å². The molecule has 0 radical (unpaired) electrons. The largest absolute Gasteiger partial charge is 0.307 e. The molecule has 0 spiro atoms. The maximum atomic E-state index is 12.0. The van der Waals surface area contributed by atoms with Gasteiger partial charge in [-0.25, -0.2) is 0 Å². The number of carbonyl (C=O) groups excluding carboxylic acids is 1. The second kappa shape index (κ2) is 10.4. The van der Waals surface area contributed by atoms with Crippen molar-refractivity contribution in [1.29, 1.82) is 0 Å². The van der Waals surface area contributed by atoms with Crippen LogP contribution >= 0.6 is 23.6 Å². The van der Waals surface area contributed by atoms with Gasteiger partial charge in [0.2, 0.25) is 11.0 Å². The molecule has 2 aromatic rings. The molecule has 27 heavy (non-hydrogen) atoms. The van der Waals surface area contributed by atoms with E-state index in [0.29, 0.717) is 18.0 Å². The number of nitrogens with one attached hydrogen (secondary N) is 2. The first-order valence-electron chi connectivity index (χ1n) is 9.38. The van der Waals surface area contributed by atoms with Crippen LogP contribution in [0.25, 0.3) is 0 Å². The molecule has 1 fully saturated rings. The van der Waals surface area contributed by atoms with Crippen LogP contribution in [0.1, 0.15) is 36.3 Å². The number of likely N-dealkylation sites (tertiary alicyclic amines) is 1. The minimum atomic E-state index is -0.105. The fourth-order valence-electron chi connectivity index (χ4n) is 3.06. The molecule has 1 aromatic carbocycles. The first kappa shape index (κ1) is 19.9. The Hall–Kier alpha value is -1.90. The van der Waals surface area contributed by atoms with Gasteiger partial charge in [-0.3, -0.25) is 4.79 Å². The van der Waals surface area contributed by atoms with Crippen LogP contribution in [-0.2, 0) is 17.6 Å². The van der Waals surface area contributed by atoms with Gasteiger partial charge in [0.25, 0.3) is 0 Å². The first-order chi connectivity index (χ1) is 13.2. The highest BCUT2D eigenvalue weighted by Gasteiger charge is 2.12. The number of hydrogen-bond donors (Lipinski definition) is 2. The lowest BCUT2D eigenvalue weighted by molar-refractivity contribution is -0.119. The molecule has 1 aliphatic rings. The smallest absolute Gasteiger partial charge is 0.226 e. The average molecular weight is 404 g/mol. The summed E-state index contributed by atoms with van der Waals surface area (Å²) < 4.78 is 0. The normalized spacial score (nSPS) is 14.7. The molecule has 0 saturated carbocycles. The van der Waals surface area contributed by atoms with Crippen LogP contribution in [0, 0.1) is 0 Å². The molecular weight excluding hydrogens is 378 g/mol. The number of hydrogen-bond acceptors (Lipinski definition) is 6. The van der Waals surface area contributed by atoms with Gasteiger partial charge in [-0.15, -0.1) is 10.2 Å². The van der Waals surface area contributed by atoms with Crippen molar-refractivity contribution in [1.82, 2.24) is 20.4 Å². The van der Waals surface area contributed by atoms with Gasteiger partial charge in [0.05, 0.1) is 0 Å². The Kier molecular flexibility index (Phi) is 7.67. The molecular formula is C19H25N5OS2. The van der Waals surface area contributed by atoms with E-state index in [2.05, 4.69) is 25.7 Å². The van der Waals surface area contributed by atoms with Crippen LogP contribution in [0.4, 0.5) is 5.13 Å². The van der Waals surface area contributed by atoms with Crippen molar-refractivity contribution in [3.63, 3.8) is 0 Å². The minimum absolute atomic E-state index is 0.105. The number of aryl methyl sites for hydroxylation is 1. The molecule has 1 amide bonds. The predicted molar refractivity (Wildman–Crippen MR) is 113 cm³/mol. The lowest BCUT2D eigenvalue weighted by Crippen LogP contribution is -2.34. The van der Waals surface area contributed by atoms with Gasteiger partial charge in [0.1, 0.15) is 5.01 Å². The van der Waals surface area contributed by atoms with Gasteiger partial charge in [0, 0.05) is 19.4 Å². The predicted octanol–water partition coefficient (Wildman–Crippen LogP) is 3.01. The molecule has 144 valence electrons. The SMILES string of the molecule is O=C(CCc1ccccc1)NC(=S)Nc1nnc(CCN2CCCCC2)s1. The van der Waals surface area contributed by atoms with Gasteiger partial charge in [-0.2, -0.15) is 0 Å². The first-order valence-corrected chi connectivity index (χ1v) is 10.6. The maximum absolute atomic E-state index is 12.0. The molecule has 1 saturated heterocycles. The highest BCUT2D eigenvalue weighted by Crippen LogP contribution is 2.17. The van der Waals surface area contributed by atoms with Gasteiger partial charge >= 0.3 is 0 Å². The summed E-state index contributed by atoms with van der Waals surface area (Å²) in [5.74, 6) is -0.105. The third kappa shape index (κ3) is 6.97. The van der Waals surface area contributed by atoms with Crippen molar-refractivity contribution >= 4 is 39.7 Å². The summed E-state index contributed by atoms with van der Waals surface area (Å²) >= 11 is 6.70. The summed E-state index contributed by atoms with van der Waals surface area (Å²) in [6.45, 7) is 3.39. The fraction of sp³-hybridized carbons (Fsp3) is 0.474. The van der Waals surface area contributed by atoms with Gasteiger partial charge in [-0.05, 0) is 50.1 Å². The molecule has 2 N–H and O–H groups in total. The number of thiocarbonyl (C=S) groups is 1. The zero-order valence-electron chi connectivity index (χ0n) is 15.3. The van der Waals surface area contributed by atoms with Gasteiger partial charge < -0.3 is 15.5 Å². The molecule has 2 heterocycles. The summed E-state index contributed by atoms with van der Waals surface area (Å²) in [5.41, 5.74) is 1.13. The van der Waals surface area contributed by atoms with Crippen LogP contribution in [0.15, 0.2) is 30.3 Å². The Labute approximate surface area is 169 Å². The number of rotatable bonds is 7. The van der Waals surface area contributed by atoms with Crippen molar-refractivity contribution in [2.24, 2.45) is 0 Å². The van der Waals surface area contributed by atoms with Crippen LogP contribution in [-0.4, -0.2) is 45.8 Å². The number of amides is 1. The Balaban J connectivity index is 1.37. The summed E-state index contributed by atoms with van der Waals surface area (Å²) in [5, 5.41) is 15.9. The van der Waals surface area contributed by atoms with E-state index in [9.17, 15) is 4.79 Å². The molecule has 6 nitrogen and oxygen atoms in total. The summed E-state index contributed by atoms with van der Waals surface area (Å²) in [6, 6.07) is 9.92. The molecule has 1 aliphatic heterocycles. The van der Waals surface area contributed by atoms with Crippen molar-refractivity contribution in [3.05, 3.63) is 40.9 Å². The van der Waals surface area contributed by atoms with Crippen LogP contribution in [0.5, 0.6) is 0 Å². The van der Waals surface area contributed by atoms with E-state index < -0.39 is 0 Å². The quantitative estimate of drug-likeness (QED) is 0.693. The number of benzene rings is 1. The van der Waals surface area contributed by atoms with Gasteiger partial charge in [0.15, 0.2) is 5.11 Å². The summed E-state index contributed by atoms with van der Waals surface area (Å²) in [7, 11) is 0. The number of anilines is 1. The molecule has 1 aromatic heterocycles. The van der Waals surface area contributed by atoms with Crippen LogP contribution in [0.3, 0.4) is 0 Å². The summed E-state index contributed by atoms with van der Waals surface area (Å²) in [6.07, 6.45) is 5.91. The molecule has 3 rings (SSSR count). The van der Waals surface area contributed by atoms with E-state index >= 15 is 0 Å². The Bertz CT molecular complexity index is 744. The topological polar surface area (TPSA) is 70.1 Å². The Morgan fingerprint density at radius 2 is 1.89 bits per heavy atom. The third-order valence-electron chi connectivity index (χ3n) is 4.51. The monoisotopic (exact) mass is 403 g/mol. The third-order valence-corrected chi connectivity index (χ3v) is 5.62. The van der Waals surface area contributed by atoms with E-state index in [1.54, 1.807) is 0 Å². The molecule has 8 heteroatoms. The van der Waals surface area contributed by atoms with E-state index in [-0.39, 0.29) is 11.0 Å². The number of carbonyl (C=O) groups is 1. The maximum Gasteiger partial charge on any atom is 0.226 e. The highest BCUT2D eigenvalue weighted by molar-refractivity contribution is 7.80. The number of piperidine rings is 1. The standard InChI is InChI=1S/C19H25N5OS2/c25-16(10-9-15-7-3-1-4-8-15)20-18(26)21-19-23-22-17(27-19)11-14-24-12-5-2-6-13-24/h1,3-4,7-8H,2,5-6,9-14H2,(H2,20,21,23,25,26). The zero-order valence-corrected chi connectivity index (χ0v) is 17.0. The van der Waals surface area contributed by atoms with Crippen molar-refractivity contribution in [2.75, 3.05) is 25.0 Å². The Morgan fingerprint density at radius 3 is 2.67 bits per heavy atom. The van der Waals surface area contributed by atoms with Crippen molar-refractivity contribution < 1.29 is 4.79 Å². The highest BCUT2D eigenvalue weighted by atomic mass is 32.1. The molecule has 0 atom stereocenters. The fourth-order valence-corrected chi connectivity index (χ4v) is 4.07. The lowest BCUT2D eigenvalue weighted by Gasteiger charge is -2.25. The van der Waals surface area contributed by atoms with E-state index in [1.165, 1.54) is 43.7 Å². The molecule has 0 unspecified atom stereocenters. The lowest BCUT2D eigenvalue weighted by atomic mass is 10.1. The Morgan fingerprint density at radius 1 is 1.11 bits per heavy atom. The molecule has 0 bridgehead atoms. The minimum Gasteiger partial charge on any atom is -0.307 e. The van der Waals surface area contributed by atoms with E-state index in [0.717, 1.165) is 23.5 Å². The summed E-state index contributed by atoms with van der Waals surface area (Å²) in [4.78, 5) is 14.5. The van der Waals surface area contributed by atoms with Crippen LogP contribution in [0.2, 0.25) is 0 Å². The van der Waals surface area contributed by atoms with E-state index in [1.807, 2.05) is 30.3 Å². The number of aromatic nitrogens is 2. The van der Waals surface area contributed by atoms with Crippen LogP contribution < -0.4 is 10.6 Å².